The highest BCUT2D eigenvalue weighted by molar-refractivity contribution is 5.82. The third-order valence-corrected chi connectivity index (χ3v) is 5.19. The smallest absolute Gasteiger partial charge is 0.262 e. The van der Waals surface area contributed by atoms with Gasteiger partial charge < -0.3 is 10.4 Å². The van der Waals surface area contributed by atoms with E-state index in [4.69, 9.17) is 0 Å². The van der Waals surface area contributed by atoms with Gasteiger partial charge in [-0.3, -0.25) is 15.0 Å². The fourth-order valence-corrected chi connectivity index (χ4v) is 3.57. The topological polar surface area (TPSA) is 64.6 Å². The zero-order chi connectivity index (χ0) is 17.9. The van der Waals surface area contributed by atoms with E-state index in [9.17, 15) is 18.7 Å². The summed E-state index contributed by atoms with van der Waals surface area (Å²) in [5, 5.41) is 14.9. The van der Waals surface area contributed by atoms with E-state index in [0.29, 0.717) is 6.54 Å². The minimum Gasteiger partial charge on any atom is -0.393 e. The normalized spacial score (nSPS) is 30.3. The first-order valence-corrected chi connectivity index (χ1v) is 9.08. The Labute approximate surface area is 147 Å². The molecule has 3 N–H and O–H groups in total. The average molecular weight is 355 g/mol. The number of hydrogen-bond donors (Lipinski definition) is 3. The molecule has 1 aliphatic carbocycles. The van der Waals surface area contributed by atoms with Crippen LogP contribution in [0, 0.1) is 5.92 Å². The van der Waals surface area contributed by atoms with Crippen LogP contribution < -0.4 is 10.6 Å². The second-order valence-corrected chi connectivity index (χ2v) is 7.38. The van der Waals surface area contributed by atoms with Crippen molar-refractivity contribution in [3.05, 3.63) is 23.8 Å². The van der Waals surface area contributed by atoms with Gasteiger partial charge in [-0.05, 0) is 30.8 Å². The quantitative estimate of drug-likeness (QED) is 0.690. The fraction of sp³-hybridized carbons (Fsp3) is 0.722. The summed E-state index contributed by atoms with van der Waals surface area (Å²) in [5.74, 6) is -2.92. The number of carbonyl (C=O) groups excluding carboxylic acids is 1. The lowest BCUT2D eigenvalue weighted by molar-refractivity contribution is -0.123. The molecular formula is C18H27F2N3O2. The standard InChI is InChI=1S/C18H27F2N3O2/c19-18(20)9-16(22-12-18)17(25)21-10-13-1-3-14(4-2-13)11-23-7-5-15(24)6-8-23/h1,3-4,13,15-16,22,24H,2,5-12H2,(H,21,25). The lowest BCUT2D eigenvalue weighted by Gasteiger charge is -2.30. The van der Waals surface area contributed by atoms with Crippen LogP contribution in [0.15, 0.2) is 23.8 Å². The molecule has 25 heavy (non-hydrogen) atoms. The first-order valence-electron chi connectivity index (χ1n) is 9.08. The van der Waals surface area contributed by atoms with Crippen molar-refractivity contribution in [2.45, 2.75) is 43.8 Å². The zero-order valence-electron chi connectivity index (χ0n) is 14.4. The summed E-state index contributed by atoms with van der Waals surface area (Å²) in [6.07, 6.45) is 8.29. The van der Waals surface area contributed by atoms with Crippen LogP contribution in [0.3, 0.4) is 0 Å². The summed E-state index contributed by atoms with van der Waals surface area (Å²) in [7, 11) is 0. The lowest BCUT2D eigenvalue weighted by atomic mass is 9.95. The molecule has 2 atom stereocenters. The van der Waals surface area contributed by atoms with Crippen LogP contribution in [-0.4, -0.2) is 66.7 Å². The average Bonchev–Trinajstić information content (AvgIpc) is 2.96. The lowest BCUT2D eigenvalue weighted by Crippen LogP contribution is -2.42. The number of nitrogens with one attached hydrogen (secondary N) is 2. The van der Waals surface area contributed by atoms with E-state index in [-0.39, 0.29) is 17.9 Å². The molecule has 2 heterocycles. The number of likely N-dealkylation sites (tertiary alicyclic amines) is 1. The number of nitrogens with zero attached hydrogens (tertiary/aromatic N) is 1. The predicted octanol–water partition coefficient (Wildman–Crippen LogP) is 1.06. The molecule has 0 aromatic heterocycles. The Kier molecular flexibility index (Phi) is 5.86. The molecule has 5 nitrogen and oxygen atoms in total. The molecule has 0 bridgehead atoms. The van der Waals surface area contributed by atoms with E-state index in [1.807, 2.05) is 0 Å². The van der Waals surface area contributed by atoms with Gasteiger partial charge in [-0.2, -0.15) is 0 Å². The molecular weight excluding hydrogens is 328 g/mol. The molecule has 2 fully saturated rings. The summed E-state index contributed by atoms with van der Waals surface area (Å²) in [4.78, 5) is 14.3. The highest BCUT2D eigenvalue weighted by Gasteiger charge is 2.42. The second kappa shape index (κ2) is 7.93. The molecule has 2 unspecified atom stereocenters. The van der Waals surface area contributed by atoms with Crippen molar-refractivity contribution < 1.29 is 18.7 Å². The molecule has 3 aliphatic rings. The minimum absolute atomic E-state index is 0.158. The van der Waals surface area contributed by atoms with Crippen LogP contribution >= 0.6 is 0 Å². The highest BCUT2D eigenvalue weighted by atomic mass is 19.3. The number of piperidine rings is 1. The van der Waals surface area contributed by atoms with E-state index >= 15 is 0 Å². The van der Waals surface area contributed by atoms with Crippen LogP contribution in [0.2, 0.25) is 0 Å². The summed E-state index contributed by atoms with van der Waals surface area (Å²) < 4.78 is 26.3. The molecule has 0 saturated carbocycles. The van der Waals surface area contributed by atoms with Gasteiger partial charge in [0.25, 0.3) is 5.92 Å². The van der Waals surface area contributed by atoms with E-state index < -0.39 is 24.9 Å². The van der Waals surface area contributed by atoms with E-state index in [2.05, 4.69) is 33.8 Å². The number of aliphatic hydroxyl groups is 1. The first kappa shape index (κ1) is 18.5. The molecule has 2 saturated heterocycles. The van der Waals surface area contributed by atoms with Crippen LogP contribution in [0.5, 0.6) is 0 Å². The Morgan fingerprint density at radius 2 is 2.16 bits per heavy atom. The third kappa shape index (κ3) is 5.33. The Balaban J connectivity index is 1.37. The molecule has 1 amide bonds. The fourth-order valence-electron chi connectivity index (χ4n) is 3.57. The molecule has 7 heteroatoms. The van der Waals surface area contributed by atoms with Crippen molar-refractivity contribution in [3.8, 4) is 0 Å². The number of rotatable bonds is 5. The summed E-state index contributed by atoms with van der Waals surface area (Å²) in [5.41, 5.74) is 1.26. The van der Waals surface area contributed by atoms with Gasteiger partial charge >= 0.3 is 0 Å². The van der Waals surface area contributed by atoms with Crippen LogP contribution in [0.25, 0.3) is 0 Å². The molecule has 0 radical (unpaired) electrons. The highest BCUT2D eigenvalue weighted by Crippen LogP contribution is 2.25. The van der Waals surface area contributed by atoms with Crippen molar-refractivity contribution >= 4 is 5.91 Å². The van der Waals surface area contributed by atoms with Gasteiger partial charge in [-0.1, -0.05) is 18.2 Å². The largest absolute Gasteiger partial charge is 0.393 e. The Morgan fingerprint density at radius 1 is 1.40 bits per heavy atom. The zero-order valence-corrected chi connectivity index (χ0v) is 14.4. The minimum atomic E-state index is -2.78. The Bertz CT molecular complexity index is 542. The number of amides is 1. The molecule has 2 aliphatic heterocycles. The van der Waals surface area contributed by atoms with Gasteiger partial charge in [0.15, 0.2) is 0 Å². The van der Waals surface area contributed by atoms with Crippen molar-refractivity contribution in [2.75, 3.05) is 32.7 Å². The Hall–Kier alpha value is -1.31. The van der Waals surface area contributed by atoms with E-state index in [0.717, 1.165) is 38.9 Å². The number of allylic oxidation sites excluding steroid dienone is 1. The third-order valence-electron chi connectivity index (χ3n) is 5.19. The van der Waals surface area contributed by atoms with Crippen LogP contribution in [-0.2, 0) is 4.79 Å². The number of aliphatic hydroxyl groups excluding tert-OH is 1. The van der Waals surface area contributed by atoms with Crippen LogP contribution in [0.4, 0.5) is 8.78 Å². The van der Waals surface area contributed by atoms with E-state index in [1.165, 1.54) is 5.57 Å². The van der Waals surface area contributed by atoms with Crippen molar-refractivity contribution in [3.63, 3.8) is 0 Å². The number of halogens is 2. The van der Waals surface area contributed by atoms with Gasteiger partial charge in [-0.25, -0.2) is 8.78 Å². The van der Waals surface area contributed by atoms with Crippen molar-refractivity contribution in [2.24, 2.45) is 5.92 Å². The molecule has 0 aromatic rings. The predicted molar refractivity (Wildman–Crippen MR) is 91.4 cm³/mol. The first-order chi connectivity index (χ1) is 11.9. The van der Waals surface area contributed by atoms with Gasteiger partial charge in [0.1, 0.15) is 0 Å². The number of hydrogen-bond acceptors (Lipinski definition) is 4. The molecule has 140 valence electrons. The van der Waals surface area contributed by atoms with Gasteiger partial charge in [0.2, 0.25) is 5.91 Å². The monoisotopic (exact) mass is 355 g/mol. The molecule has 3 rings (SSSR count). The summed E-state index contributed by atoms with van der Waals surface area (Å²) >= 11 is 0. The van der Waals surface area contributed by atoms with Gasteiger partial charge in [0.05, 0.1) is 18.7 Å². The molecule has 0 spiro atoms. The maximum atomic E-state index is 13.1. The SMILES string of the molecule is O=C(NCC1C=CC(CN2CCC(O)CC2)=CC1)C1CC(F)(F)CN1. The Morgan fingerprint density at radius 3 is 2.76 bits per heavy atom. The van der Waals surface area contributed by atoms with Gasteiger partial charge in [0, 0.05) is 32.6 Å². The summed E-state index contributed by atoms with van der Waals surface area (Å²) in [6.45, 7) is 2.78. The number of carbonyl (C=O) groups is 1. The maximum absolute atomic E-state index is 13.1. The van der Waals surface area contributed by atoms with Crippen molar-refractivity contribution in [1.29, 1.82) is 0 Å². The van der Waals surface area contributed by atoms with Gasteiger partial charge in [-0.15, -0.1) is 0 Å². The van der Waals surface area contributed by atoms with Crippen molar-refractivity contribution in [1.82, 2.24) is 15.5 Å². The second-order valence-electron chi connectivity index (χ2n) is 7.38. The molecule has 0 aromatic carbocycles. The van der Waals surface area contributed by atoms with Crippen LogP contribution in [0.1, 0.15) is 25.7 Å². The summed E-state index contributed by atoms with van der Waals surface area (Å²) in [6, 6.07) is -0.789. The van der Waals surface area contributed by atoms with E-state index in [1.54, 1.807) is 0 Å². The number of alkyl halides is 2. The maximum Gasteiger partial charge on any atom is 0.262 e.